The largest absolute Gasteiger partial charge is 0.300 e. The zero-order valence-corrected chi connectivity index (χ0v) is 11.8. The van der Waals surface area contributed by atoms with Crippen molar-refractivity contribution in [2.75, 3.05) is 0 Å². The van der Waals surface area contributed by atoms with Gasteiger partial charge >= 0.3 is 0 Å². The average Bonchev–Trinajstić information content (AvgIpc) is 2.63. The molecule has 0 unspecified atom stereocenters. The van der Waals surface area contributed by atoms with Crippen LogP contribution in [0, 0.1) is 0 Å². The molecule has 0 N–H and O–H groups in total. The van der Waals surface area contributed by atoms with Gasteiger partial charge in [0.15, 0.2) is 0 Å². The molecule has 2 heteroatoms. The highest BCUT2D eigenvalue weighted by Gasteiger charge is 2.18. The molecule has 2 aromatic rings. The second-order valence-corrected chi connectivity index (χ2v) is 6.61. The lowest BCUT2D eigenvalue weighted by molar-refractivity contribution is -0.118. The Morgan fingerprint density at radius 3 is 2.74 bits per heavy atom. The van der Waals surface area contributed by atoms with Crippen molar-refractivity contribution in [1.29, 1.82) is 0 Å². The van der Waals surface area contributed by atoms with Crippen LogP contribution in [0.15, 0.2) is 47.4 Å². The fourth-order valence-corrected chi connectivity index (χ4v) is 3.97. The van der Waals surface area contributed by atoms with Crippen LogP contribution in [0.25, 0.3) is 10.8 Å². The summed E-state index contributed by atoms with van der Waals surface area (Å²) in [7, 11) is 0. The molecular weight excluding hydrogens is 252 g/mol. The number of carbonyl (C=O) groups is 1. The second kappa shape index (κ2) is 5.79. The molecule has 0 bridgehead atoms. The molecule has 19 heavy (non-hydrogen) atoms. The Kier molecular flexibility index (Phi) is 3.88. The van der Waals surface area contributed by atoms with Crippen molar-refractivity contribution in [3.63, 3.8) is 0 Å². The third-order valence-electron chi connectivity index (χ3n) is 3.71. The number of thioether (sulfide) groups is 1. The summed E-state index contributed by atoms with van der Waals surface area (Å²) in [5.41, 5.74) is 0. The van der Waals surface area contributed by atoms with Gasteiger partial charge in [-0.3, -0.25) is 4.79 Å². The second-order valence-electron chi connectivity index (χ2n) is 5.24. The van der Waals surface area contributed by atoms with E-state index in [-0.39, 0.29) is 0 Å². The summed E-state index contributed by atoms with van der Waals surface area (Å²) in [6.07, 6.45) is 4.97. The Hall–Kier alpha value is -1.28. The van der Waals surface area contributed by atoms with Crippen molar-refractivity contribution in [2.24, 2.45) is 0 Å². The summed E-state index contributed by atoms with van der Waals surface area (Å²) in [5, 5.41) is 3.03. The van der Waals surface area contributed by atoms with Crippen LogP contribution in [0.4, 0.5) is 0 Å². The van der Waals surface area contributed by atoms with E-state index in [0.717, 1.165) is 19.3 Å². The van der Waals surface area contributed by atoms with Crippen LogP contribution in [-0.4, -0.2) is 11.0 Å². The predicted octanol–water partition coefficient (Wildman–Crippen LogP) is 4.83. The van der Waals surface area contributed by atoms with Crippen LogP contribution in [0.3, 0.4) is 0 Å². The minimum absolute atomic E-state index is 0.441. The van der Waals surface area contributed by atoms with Gasteiger partial charge in [0.1, 0.15) is 5.78 Å². The molecule has 1 nitrogen and oxygen atoms in total. The first-order valence-corrected chi connectivity index (χ1v) is 7.86. The maximum atomic E-state index is 11.7. The Bertz CT molecular complexity index is 591. The molecule has 1 aliphatic carbocycles. The molecule has 0 saturated heterocycles. The molecule has 1 atom stereocenters. The first-order chi connectivity index (χ1) is 9.31. The summed E-state index contributed by atoms with van der Waals surface area (Å²) in [6, 6.07) is 15.0. The standard InChI is InChI=1S/C17H18OS/c18-15-7-3-4-8-16(12-15)19-17-10-9-13-5-1-2-6-14(13)11-17/h1-2,5-6,9-11,16H,3-4,7-8,12H2/t16-/m1/s1. The predicted molar refractivity (Wildman–Crippen MR) is 81.7 cm³/mol. The Morgan fingerprint density at radius 1 is 1.00 bits per heavy atom. The van der Waals surface area contributed by atoms with Gasteiger partial charge in [-0.15, -0.1) is 11.8 Å². The van der Waals surface area contributed by atoms with Crippen molar-refractivity contribution in [3.8, 4) is 0 Å². The van der Waals surface area contributed by atoms with Gasteiger partial charge in [-0.05, 0) is 35.7 Å². The van der Waals surface area contributed by atoms with Crippen molar-refractivity contribution < 1.29 is 4.79 Å². The minimum atomic E-state index is 0.441. The third-order valence-corrected chi connectivity index (χ3v) is 4.97. The van der Waals surface area contributed by atoms with Gasteiger partial charge in [0.25, 0.3) is 0 Å². The summed E-state index contributed by atoms with van der Waals surface area (Å²) in [6.45, 7) is 0. The molecule has 2 aromatic carbocycles. The van der Waals surface area contributed by atoms with Crippen molar-refractivity contribution in [1.82, 2.24) is 0 Å². The molecule has 3 rings (SSSR count). The smallest absolute Gasteiger partial charge is 0.134 e. The highest BCUT2D eigenvalue weighted by atomic mass is 32.2. The number of hydrogen-bond donors (Lipinski definition) is 0. The third kappa shape index (κ3) is 3.19. The minimum Gasteiger partial charge on any atom is -0.300 e. The molecule has 98 valence electrons. The van der Waals surface area contributed by atoms with E-state index in [1.54, 1.807) is 0 Å². The SMILES string of the molecule is O=C1CCCC[C@@H](Sc2ccc3ccccc3c2)C1. The van der Waals surface area contributed by atoms with Gasteiger partial charge in [-0.2, -0.15) is 0 Å². The molecule has 1 aliphatic rings. The van der Waals surface area contributed by atoms with E-state index in [1.807, 2.05) is 11.8 Å². The van der Waals surface area contributed by atoms with Crippen LogP contribution in [-0.2, 0) is 4.79 Å². The summed E-state index contributed by atoms with van der Waals surface area (Å²) in [4.78, 5) is 13.0. The molecule has 0 aliphatic heterocycles. The van der Waals surface area contributed by atoms with E-state index in [1.165, 1.54) is 28.5 Å². The normalized spacial score (nSPS) is 20.4. The van der Waals surface area contributed by atoms with Gasteiger partial charge in [-0.1, -0.05) is 36.8 Å². The van der Waals surface area contributed by atoms with Gasteiger partial charge in [0.2, 0.25) is 0 Å². The number of rotatable bonds is 2. The first kappa shape index (κ1) is 12.7. The van der Waals surface area contributed by atoms with E-state index in [2.05, 4.69) is 42.5 Å². The van der Waals surface area contributed by atoms with Crippen molar-refractivity contribution in [2.45, 2.75) is 42.2 Å². The summed E-state index contributed by atoms with van der Waals surface area (Å²) >= 11 is 1.88. The average molecular weight is 270 g/mol. The topological polar surface area (TPSA) is 17.1 Å². The molecule has 0 amide bonds. The Labute approximate surface area is 118 Å². The zero-order chi connectivity index (χ0) is 13.1. The van der Waals surface area contributed by atoms with Crippen molar-refractivity contribution in [3.05, 3.63) is 42.5 Å². The molecule has 0 spiro atoms. The molecule has 1 saturated carbocycles. The number of hydrogen-bond acceptors (Lipinski definition) is 2. The molecular formula is C17H18OS. The van der Waals surface area contributed by atoms with E-state index in [4.69, 9.17) is 0 Å². The molecule has 0 aromatic heterocycles. The van der Waals surface area contributed by atoms with Gasteiger partial charge in [0.05, 0.1) is 0 Å². The van der Waals surface area contributed by atoms with Gasteiger partial charge in [0, 0.05) is 23.0 Å². The number of benzene rings is 2. The number of carbonyl (C=O) groups excluding carboxylic acids is 1. The molecule has 1 fully saturated rings. The molecule has 0 heterocycles. The van der Waals surface area contributed by atoms with Crippen LogP contribution in [0.5, 0.6) is 0 Å². The Morgan fingerprint density at radius 2 is 1.84 bits per heavy atom. The number of ketones is 1. The maximum Gasteiger partial charge on any atom is 0.134 e. The lowest BCUT2D eigenvalue weighted by Crippen LogP contribution is -2.06. The van der Waals surface area contributed by atoms with E-state index in [9.17, 15) is 4.79 Å². The number of fused-ring (bicyclic) bond motifs is 1. The Balaban J connectivity index is 1.78. The van der Waals surface area contributed by atoms with E-state index < -0.39 is 0 Å². The fourth-order valence-electron chi connectivity index (χ4n) is 2.69. The summed E-state index contributed by atoms with van der Waals surface area (Å²) < 4.78 is 0. The highest BCUT2D eigenvalue weighted by Crippen LogP contribution is 2.33. The number of Topliss-reactive ketones (excluding diaryl/α,β-unsaturated/α-hetero) is 1. The zero-order valence-electron chi connectivity index (χ0n) is 11.0. The maximum absolute atomic E-state index is 11.7. The van der Waals surface area contributed by atoms with Gasteiger partial charge < -0.3 is 0 Å². The fraction of sp³-hybridized carbons (Fsp3) is 0.353. The first-order valence-electron chi connectivity index (χ1n) is 6.98. The lowest BCUT2D eigenvalue weighted by atomic mass is 10.1. The highest BCUT2D eigenvalue weighted by molar-refractivity contribution is 8.00. The van der Waals surface area contributed by atoms with Crippen LogP contribution >= 0.6 is 11.8 Å². The van der Waals surface area contributed by atoms with Crippen molar-refractivity contribution >= 4 is 28.3 Å². The monoisotopic (exact) mass is 270 g/mol. The molecule has 0 radical (unpaired) electrons. The van der Waals surface area contributed by atoms with E-state index in [0.29, 0.717) is 11.0 Å². The lowest BCUT2D eigenvalue weighted by Gasteiger charge is -2.13. The van der Waals surface area contributed by atoms with Crippen LogP contribution in [0.2, 0.25) is 0 Å². The van der Waals surface area contributed by atoms with E-state index >= 15 is 0 Å². The van der Waals surface area contributed by atoms with Crippen LogP contribution < -0.4 is 0 Å². The van der Waals surface area contributed by atoms with Gasteiger partial charge in [-0.25, -0.2) is 0 Å². The quantitative estimate of drug-likeness (QED) is 0.727. The van der Waals surface area contributed by atoms with Crippen LogP contribution in [0.1, 0.15) is 32.1 Å². The summed E-state index contributed by atoms with van der Waals surface area (Å²) in [5.74, 6) is 0.441.